The summed E-state index contributed by atoms with van der Waals surface area (Å²) in [7, 11) is 1.35. The molecule has 0 unspecified atom stereocenters. The van der Waals surface area contributed by atoms with Gasteiger partial charge in [-0.15, -0.1) is 0 Å². The van der Waals surface area contributed by atoms with Crippen LogP contribution in [0.2, 0.25) is 0 Å². The molecule has 2 nitrogen and oxygen atoms in total. The lowest BCUT2D eigenvalue weighted by molar-refractivity contribution is -0.387. The second kappa shape index (κ2) is 4.88. The Morgan fingerprint density at radius 3 is 1.56 bits per heavy atom. The number of hydrogen-bond donors (Lipinski definition) is 1. The molecule has 0 bridgehead atoms. The van der Waals surface area contributed by atoms with Crippen molar-refractivity contribution >= 4 is 0 Å². The number of halogens is 6. The van der Waals surface area contributed by atoms with E-state index in [1.807, 2.05) is 0 Å². The fraction of sp³-hybridized carbons (Fsp3) is 1.00. The van der Waals surface area contributed by atoms with Gasteiger partial charge in [0.25, 0.3) is 5.60 Å². The van der Waals surface area contributed by atoms with Gasteiger partial charge in [0.1, 0.15) is 0 Å². The van der Waals surface area contributed by atoms with E-state index < -0.39 is 23.9 Å². The van der Waals surface area contributed by atoms with Crippen LogP contribution in [0.25, 0.3) is 0 Å². The molecule has 1 aliphatic rings. The summed E-state index contributed by atoms with van der Waals surface area (Å²) in [4.78, 5) is 0. The molecule has 8 heteroatoms. The number of methoxy groups -OCH3 is 1. The highest BCUT2D eigenvalue weighted by molar-refractivity contribution is 5.00. The van der Waals surface area contributed by atoms with Gasteiger partial charge in [-0.3, -0.25) is 0 Å². The number of alkyl halides is 6. The Labute approximate surface area is 99.9 Å². The molecule has 1 saturated carbocycles. The summed E-state index contributed by atoms with van der Waals surface area (Å²) in [6, 6.07) is 0. The first kappa shape index (κ1) is 15.6. The third-order valence-corrected chi connectivity index (χ3v) is 3.46. The summed E-state index contributed by atoms with van der Waals surface area (Å²) >= 11 is 0. The molecular formula is C10H14F6O2. The average Bonchev–Trinajstić information content (AvgIpc) is 2.25. The number of hydrogen-bond acceptors (Lipinski definition) is 2. The van der Waals surface area contributed by atoms with E-state index in [0.717, 1.165) is 0 Å². The maximum Gasteiger partial charge on any atom is 0.426 e. The van der Waals surface area contributed by atoms with Crippen LogP contribution in [0.5, 0.6) is 0 Å². The molecule has 0 saturated heterocycles. The van der Waals surface area contributed by atoms with Crippen LogP contribution in [0.15, 0.2) is 0 Å². The van der Waals surface area contributed by atoms with E-state index in [1.54, 1.807) is 0 Å². The average molecular weight is 280 g/mol. The Hall–Kier alpha value is -0.500. The Morgan fingerprint density at radius 1 is 0.889 bits per heavy atom. The molecule has 0 aromatic carbocycles. The number of aliphatic hydroxyl groups is 1. The van der Waals surface area contributed by atoms with Crippen molar-refractivity contribution in [2.75, 3.05) is 7.11 Å². The van der Waals surface area contributed by atoms with Crippen molar-refractivity contribution in [1.29, 1.82) is 0 Å². The molecule has 0 amide bonds. The zero-order chi connectivity index (χ0) is 14.2. The molecule has 0 atom stereocenters. The molecule has 1 N–H and O–H groups in total. The van der Waals surface area contributed by atoms with Crippen LogP contribution in [0.4, 0.5) is 26.3 Å². The van der Waals surface area contributed by atoms with Crippen molar-refractivity contribution < 1.29 is 36.2 Å². The van der Waals surface area contributed by atoms with Crippen LogP contribution >= 0.6 is 0 Å². The Kier molecular flexibility index (Phi) is 4.22. The topological polar surface area (TPSA) is 29.5 Å². The van der Waals surface area contributed by atoms with Gasteiger partial charge in [-0.1, -0.05) is 0 Å². The first-order valence-electron chi connectivity index (χ1n) is 5.42. The van der Waals surface area contributed by atoms with Crippen LogP contribution in [0.1, 0.15) is 25.7 Å². The van der Waals surface area contributed by atoms with Crippen LogP contribution in [-0.4, -0.2) is 36.3 Å². The minimum atomic E-state index is -5.73. The normalized spacial score (nSPS) is 27.3. The van der Waals surface area contributed by atoms with Gasteiger partial charge in [0.05, 0.1) is 6.10 Å². The molecule has 18 heavy (non-hydrogen) atoms. The fourth-order valence-electron chi connectivity index (χ4n) is 2.34. The highest BCUT2D eigenvalue weighted by atomic mass is 19.4. The molecule has 0 radical (unpaired) electrons. The maximum atomic E-state index is 12.6. The second-order valence-electron chi connectivity index (χ2n) is 4.47. The zero-order valence-electron chi connectivity index (χ0n) is 9.61. The summed E-state index contributed by atoms with van der Waals surface area (Å²) in [5, 5.41) is 9.18. The summed E-state index contributed by atoms with van der Waals surface area (Å²) in [6.07, 6.45) is -12.4. The zero-order valence-corrected chi connectivity index (χ0v) is 9.61. The van der Waals surface area contributed by atoms with Crippen LogP contribution in [-0.2, 0) is 4.74 Å². The largest absolute Gasteiger partial charge is 0.426 e. The van der Waals surface area contributed by atoms with Crippen molar-refractivity contribution in [3.05, 3.63) is 0 Å². The molecule has 0 spiro atoms. The van der Waals surface area contributed by atoms with E-state index >= 15 is 0 Å². The molecule has 1 aliphatic carbocycles. The third-order valence-electron chi connectivity index (χ3n) is 3.46. The molecular weight excluding hydrogens is 266 g/mol. The van der Waals surface area contributed by atoms with Gasteiger partial charge in [0, 0.05) is 13.0 Å². The third kappa shape index (κ3) is 2.59. The predicted molar refractivity (Wildman–Crippen MR) is 49.8 cm³/mol. The minimum absolute atomic E-state index is 0.0790. The first-order chi connectivity index (χ1) is 8.04. The Balaban J connectivity index is 2.94. The summed E-state index contributed by atoms with van der Waals surface area (Å²) in [5.74, 6) is -1.87. The molecule has 108 valence electrons. The molecule has 0 aliphatic heterocycles. The van der Waals surface area contributed by atoms with Crippen molar-refractivity contribution in [2.24, 2.45) is 5.92 Å². The van der Waals surface area contributed by atoms with Crippen LogP contribution < -0.4 is 0 Å². The number of ether oxygens (including phenoxy) is 1. The highest BCUT2D eigenvalue weighted by Gasteiger charge is 2.73. The lowest BCUT2D eigenvalue weighted by Gasteiger charge is -2.41. The van der Waals surface area contributed by atoms with Crippen molar-refractivity contribution in [2.45, 2.75) is 49.7 Å². The van der Waals surface area contributed by atoms with E-state index in [-0.39, 0.29) is 31.8 Å². The van der Waals surface area contributed by atoms with Gasteiger partial charge in [-0.2, -0.15) is 26.3 Å². The maximum absolute atomic E-state index is 12.6. The molecule has 1 rings (SSSR count). The monoisotopic (exact) mass is 280 g/mol. The van der Waals surface area contributed by atoms with E-state index in [1.165, 1.54) is 7.11 Å². The van der Waals surface area contributed by atoms with Gasteiger partial charge in [-0.25, -0.2) is 0 Å². The van der Waals surface area contributed by atoms with Gasteiger partial charge >= 0.3 is 12.4 Å². The molecule has 1 fully saturated rings. The van der Waals surface area contributed by atoms with E-state index in [0.29, 0.717) is 0 Å². The van der Waals surface area contributed by atoms with E-state index in [4.69, 9.17) is 4.74 Å². The second-order valence-corrected chi connectivity index (χ2v) is 4.47. The van der Waals surface area contributed by atoms with Crippen LogP contribution in [0.3, 0.4) is 0 Å². The van der Waals surface area contributed by atoms with Crippen molar-refractivity contribution in [3.63, 3.8) is 0 Å². The van der Waals surface area contributed by atoms with Crippen LogP contribution in [0, 0.1) is 5.92 Å². The van der Waals surface area contributed by atoms with Gasteiger partial charge in [-0.05, 0) is 25.7 Å². The van der Waals surface area contributed by atoms with Crippen molar-refractivity contribution in [1.82, 2.24) is 0 Å². The lowest BCUT2D eigenvalue weighted by atomic mass is 9.75. The predicted octanol–water partition coefficient (Wildman–Crippen LogP) is 3.05. The Bertz CT molecular complexity index is 263. The SMILES string of the molecule is COC1CCC(C(O)(C(F)(F)F)C(F)(F)F)CC1. The van der Waals surface area contributed by atoms with E-state index in [2.05, 4.69) is 0 Å². The standard InChI is InChI=1S/C10H14F6O2/c1-18-7-4-2-6(3-5-7)8(17,9(11,12)13)10(14,15)16/h6-7,17H,2-5H2,1H3. The van der Waals surface area contributed by atoms with Gasteiger partial charge < -0.3 is 9.84 Å². The quantitative estimate of drug-likeness (QED) is 0.788. The summed E-state index contributed by atoms with van der Waals surface area (Å²) in [6.45, 7) is 0. The smallest absolute Gasteiger partial charge is 0.381 e. The van der Waals surface area contributed by atoms with Crippen molar-refractivity contribution in [3.8, 4) is 0 Å². The summed E-state index contributed by atoms with van der Waals surface area (Å²) < 4.78 is 80.3. The minimum Gasteiger partial charge on any atom is -0.381 e. The summed E-state index contributed by atoms with van der Waals surface area (Å²) in [5.41, 5.74) is -4.63. The van der Waals surface area contributed by atoms with Gasteiger partial charge in [0.2, 0.25) is 0 Å². The highest BCUT2D eigenvalue weighted by Crippen LogP contribution is 2.51. The number of rotatable bonds is 2. The Morgan fingerprint density at radius 2 is 1.28 bits per heavy atom. The molecule has 0 aromatic heterocycles. The molecule has 0 aromatic rings. The van der Waals surface area contributed by atoms with Gasteiger partial charge in [0.15, 0.2) is 0 Å². The lowest BCUT2D eigenvalue weighted by Crippen LogP contribution is -2.62. The molecule has 0 heterocycles. The first-order valence-corrected chi connectivity index (χ1v) is 5.42. The fourth-order valence-corrected chi connectivity index (χ4v) is 2.34. The van der Waals surface area contributed by atoms with E-state index in [9.17, 15) is 31.4 Å².